The number of aromatic nitrogens is 4. The second-order valence-corrected chi connectivity index (χ2v) is 7.00. The maximum Gasteiger partial charge on any atom is 0.147 e. The molecule has 0 bridgehead atoms. The molecule has 0 radical (unpaired) electrons. The first-order valence-electron chi connectivity index (χ1n) is 9.06. The molecule has 0 saturated carbocycles. The first-order valence-corrected chi connectivity index (χ1v) is 9.06. The van der Waals surface area contributed by atoms with Crippen LogP contribution in [0.2, 0.25) is 0 Å². The molecular formula is C18H26N6. The van der Waals surface area contributed by atoms with E-state index in [9.17, 15) is 0 Å². The minimum atomic E-state index is 0.864. The maximum absolute atomic E-state index is 4.64. The van der Waals surface area contributed by atoms with E-state index in [0.717, 1.165) is 62.2 Å². The van der Waals surface area contributed by atoms with Gasteiger partial charge in [-0.05, 0) is 51.4 Å². The van der Waals surface area contributed by atoms with Crippen LogP contribution in [0.4, 0.5) is 0 Å². The molecule has 6 nitrogen and oxygen atoms in total. The Labute approximate surface area is 143 Å². The molecule has 24 heavy (non-hydrogen) atoms. The van der Waals surface area contributed by atoms with Gasteiger partial charge in [-0.2, -0.15) is 0 Å². The van der Waals surface area contributed by atoms with Crippen molar-refractivity contribution in [1.29, 1.82) is 0 Å². The quantitative estimate of drug-likeness (QED) is 0.860. The summed E-state index contributed by atoms with van der Waals surface area (Å²) in [6, 6.07) is 6.25. The topological polar surface area (TPSA) is 50.1 Å². The van der Waals surface area contributed by atoms with Gasteiger partial charge in [0.25, 0.3) is 0 Å². The largest absolute Gasteiger partial charge is 0.313 e. The Bertz CT molecular complexity index is 689. The molecule has 2 aromatic heterocycles. The summed E-state index contributed by atoms with van der Waals surface area (Å²) in [7, 11) is 0. The van der Waals surface area contributed by atoms with E-state index in [4.69, 9.17) is 0 Å². The summed E-state index contributed by atoms with van der Waals surface area (Å²) in [5.74, 6) is 2.25. The highest BCUT2D eigenvalue weighted by atomic mass is 15.3. The van der Waals surface area contributed by atoms with Gasteiger partial charge in [-0.3, -0.25) is 14.8 Å². The Kier molecular flexibility index (Phi) is 4.58. The van der Waals surface area contributed by atoms with Crippen LogP contribution in [0.5, 0.6) is 0 Å². The SMILES string of the molecule is Cc1cccc(CN2CCCn3c(CN4CCCC4)nnc3C2)n1. The zero-order valence-corrected chi connectivity index (χ0v) is 14.5. The molecule has 2 aliphatic rings. The van der Waals surface area contributed by atoms with Gasteiger partial charge in [0.15, 0.2) is 0 Å². The van der Waals surface area contributed by atoms with Crippen LogP contribution in [0.1, 0.15) is 42.3 Å². The summed E-state index contributed by atoms with van der Waals surface area (Å²) in [6.07, 6.45) is 3.78. The predicted octanol–water partition coefficient (Wildman–Crippen LogP) is 1.98. The van der Waals surface area contributed by atoms with Crippen molar-refractivity contribution >= 4 is 0 Å². The lowest BCUT2D eigenvalue weighted by atomic mass is 10.3. The van der Waals surface area contributed by atoms with Gasteiger partial charge < -0.3 is 4.57 Å². The van der Waals surface area contributed by atoms with E-state index in [1.807, 2.05) is 13.0 Å². The molecule has 0 spiro atoms. The average molecular weight is 326 g/mol. The fraction of sp³-hybridized carbons (Fsp3) is 0.611. The van der Waals surface area contributed by atoms with E-state index in [1.165, 1.54) is 25.9 Å². The first-order chi connectivity index (χ1) is 11.8. The number of nitrogens with zero attached hydrogens (tertiary/aromatic N) is 6. The molecule has 0 N–H and O–H groups in total. The number of fused-ring (bicyclic) bond motifs is 1. The van der Waals surface area contributed by atoms with E-state index in [-0.39, 0.29) is 0 Å². The third-order valence-corrected chi connectivity index (χ3v) is 5.02. The van der Waals surface area contributed by atoms with Crippen LogP contribution in [0.25, 0.3) is 0 Å². The molecule has 4 rings (SSSR count). The van der Waals surface area contributed by atoms with E-state index < -0.39 is 0 Å². The molecular weight excluding hydrogens is 300 g/mol. The van der Waals surface area contributed by atoms with Gasteiger partial charge in [0, 0.05) is 25.3 Å². The van der Waals surface area contributed by atoms with Gasteiger partial charge in [-0.15, -0.1) is 10.2 Å². The van der Waals surface area contributed by atoms with Crippen LogP contribution < -0.4 is 0 Å². The lowest BCUT2D eigenvalue weighted by molar-refractivity contribution is 0.254. The van der Waals surface area contributed by atoms with Crippen LogP contribution in [-0.4, -0.2) is 49.2 Å². The smallest absolute Gasteiger partial charge is 0.147 e. The molecule has 2 aliphatic heterocycles. The van der Waals surface area contributed by atoms with E-state index in [0.29, 0.717) is 0 Å². The van der Waals surface area contributed by atoms with Gasteiger partial charge >= 0.3 is 0 Å². The Morgan fingerprint density at radius 2 is 1.75 bits per heavy atom. The molecule has 1 saturated heterocycles. The van der Waals surface area contributed by atoms with Crippen molar-refractivity contribution in [1.82, 2.24) is 29.5 Å². The predicted molar refractivity (Wildman–Crippen MR) is 92.2 cm³/mol. The van der Waals surface area contributed by atoms with Crippen molar-refractivity contribution in [2.75, 3.05) is 19.6 Å². The van der Waals surface area contributed by atoms with Gasteiger partial charge in [0.05, 0.1) is 18.8 Å². The summed E-state index contributed by atoms with van der Waals surface area (Å²) in [5, 5.41) is 8.98. The van der Waals surface area contributed by atoms with Crippen molar-refractivity contribution in [3.05, 3.63) is 41.2 Å². The van der Waals surface area contributed by atoms with Crippen LogP contribution in [-0.2, 0) is 26.2 Å². The minimum Gasteiger partial charge on any atom is -0.313 e. The summed E-state index contributed by atoms with van der Waals surface area (Å²) in [5.41, 5.74) is 2.22. The molecule has 0 amide bonds. The zero-order chi connectivity index (χ0) is 16.4. The summed E-state index contributed by atoms with van der Waals surface area (Å²) < 4.78 is 2.35. The number of hydrogen-bond donors (Lipinski definition) is 0. The van der Waals surface area contributed by atoms with Crippen LogP contribution in [0, 0.1) is 6.92 Å². The lowest BCUT2D eigenvalue weighted by Crippen LogP contribution is -2.23. The highest BCUT2D eigenvalue weighted by Crippen LogP contribution is 2.17. The number of rotatable bonds is 4. The summed E-state index contributed by atoms with van der Waals surface area (Å²) in [6.45, 7) is 9.27. The molecule has 0 aliphatic carbocycles. The van der Waals surface area contributed by atoms with Crippen molar-refractivity contribution in [3.8, 4) is 0 Å². The van der Waals surface area contributed by atoms with Crippen molar-refractivity contribution in [2.45, 2.75) is 52.4 Å². The molecule has 0 unspecified atom stereocenters. The minimum absolute atomic E-state index is 0.864. The number of hydrogen-bond acceptors (Lipinski definition) is 5. The fourth-order valence-electron chi connectivity index (χ4n) is 3.79. The van der Waals surface area contributed by atoms with Crippen LogP contribution in [0.3, 0.4) is 0 Å². The van der Waals surface area contributed by atoms with E-state index in [2.05, 4.69) is 41.7 Å². The van der Waals surface area contributed by atoms with Gasteiger partial charge in [-0.25, -0.2) is 0 Å². The molecule has 0 aromatic carbocycles. The van der Waals surface area contributed by atoms with E-state index in [1.54, 1.807) is 0 Å². The second kappa shape index (κ2) is 6.99. The van der Waals surface area contributed by atoms with Gasteiger partial charge in [0.1, 0.15) is 11.6 Å². The highest BCUT2D eigenvalue weighted by Gasteiger charge is 2.22. The highest BCUT2D eigenvalue weighted by molar-refractivity contribution is 5.10. The average Bonchev–Trinajstić information content (AvgIpc) is 3.15. The van der Waals surface area contributed by atoms with Gasteiger partial charge in [0.2, 0.25) is 0 Å². The Morgan fingerprint density at radius 3 is 2.58 bits per heavy atom. The molecule has 0 atom stereocenters. The zero-order valence-electron chi connectivity index (χ0n) is 14.5. The summed E-state index contributed by atoms with van der Waals surface area (Å²) >= 11 is 0. The standard InChI is InChI=1S/C18H26N6/c1-15-6-4-7-16(19-15)12-23-10-5-11-24-17(20-21-18(24)14-23)13-22-8-2-3-9-22/h4,6-7H,2-3,5,8-14H2,1H3. The first kappa shape index (κ1) is 15.7. The number of likely N-dealkylation sites (tertiary alicyclic amines) is 1. The van der Waals surface area contributed by atoms with Crippen molar-refractivity contribution in [3.63, 3.8) is 0 Å². The van der Waals surface area contributed by atoms with Crippen molar-refractivity contribution < 1.29 is 0 Å². The van der Waals surface area contributed by atoms with Crippen LogP contribution >= 0.6 is 0 Å². The monoisotopic (exact) mass is 326 g/mol. The molecule has 4 heterocycles. The molecule has 2 aromatic rings. The van der Waals surface area contributed by atoms with Crippen molar-refractivity contribution in [2.24, 2.45) is 0 Å². The molecule has 128 valence electrons. The third kappa shape index (κ3) is 3.49. The normalized spacial score (nSPS) is 19.4. The fourth-order valence-corrected chi connectivity index (χ4v) is 3.79. The number of pyridine rings is 1. The number of aryl methyl sites for hydroxylation is 1. The van der Waals surface area contributed by atoms with Gasteiger partial charge in [-0.1, -0.05) is 6.07 Å². The maximum atomic E-state index is 4.64. The summed E-state index contributed by atoms with van der Waals surface area (Å²) in [4.78, 5) is 9.57. The van der Waals surface area contributed by atoms with E-state index >= 15 is 0 Å². The van der Waals surface area contributed by atoms with Crippen LogP contribution in [0.15, 0.2) is 18.2 Å². The third-order valence-electron chi connectivity index (χ3n) is 5.02. The lowest BCUT2D eigenvalue weighted by Gasteiger charge is -2.18. The molecule has 6 heteroatoms. The Hall–Kier alpha value is -1.79. The molecule has 1 fully saturated rings. The Balaban J connectivity index is 1.46. The second-order valence-electron chi connectivity index (χ2n) is 7.00. The Morgan fingerprint density at radius 1 is 0.917 bits per heavy atom.